The van der Waals surface area contributed by atoms with Crippen LogP contribution in [0.5, 0.6) is 0 Å². The van der Waals surface area contributed by atoms with Crippen molar-refractivity contribution >= 4 is 5.69 Å². The zero-order valence-electron chi connectivity index (χ0n) is 9.49. The summed E-state index contributed by atoms with van der Waals surface area (Å²) in [6.45, 7) is 6.10. The summed E-state index contributed by atoms with van der Waals surface area (Å²) in [6, 6.07) is 7.78. The van der Waals surface area contributed by atoms with E-state index in [1.165, 1.54) is 0 Å². The Hall–Kier alpha value is -1.79. The van der Waals surface area contributed by atoms with Crippen molar-refractivity contribution in [3.05, 3.63) is 42.0 Å². The number of nitrogens with one attached hydrogen (secondary N) is 1. The van der Waals surface area contributed by atoms with Crippen molar-refractivity contribution in [2.24, 2.45) is 0 Å². The van der Waals surface area contributed by atoms with E-state index in [2.05, 4.69) is 25.1 Å². The number of benzene rings is 1. The molecule has 0 atom stereocenters. The molecule has 3 nitrogen and oxygen atoms in total. The summed E-state index contributed by atoms with van der Waals surface area (Å²) in [5, 5.41) is 8.94. The molecule has 0 fully saturated rings. The van der Waals surface area contributed by atoms with Crippen molar-refractivity contribution in [3.8, 4) is 6.07 Å². The van der Waals surface area contributed by atoms with E-state index in [1.54, 1.807) is 6.08 Å². The lowest BCUT2D eigenvalue weighted by molar-refractivity contribution is 0.228. The monoisotopic (exact) mass is 216 g/mol. The highest BCUT2D eigenvalue weighted by molar-refractivity contribution is 5.51. The van der Waals surface area contributed by atoms with E-state index < -0.39 is 0 Å². The van der Waals surface area contributed by atoms with Crippen molar-refractivity contribution in [1.29, 1.82) is 5.26 Å². The zero-order valence-corrected chi connectivity index (χ0v) is 9.49. The van der Waals surface area contributed by atoms with E-state index in [0.717, 1.165) is 29.7 Å². The summed E-state index contributed by atoms with van der Waals surface area (Å²) < 4.78 is 0. The highest BCUT2D eigenvalue weighted by atomic mass is 16.6. The Bertz CT molecular complexity index is 393. The number of aryl methyl sites for hydroxylation is 1. The zero-order chi connectivity index (χ0) is 11.8. The Balaban J connectivity index is 2.77. The van der Waals surface area contributed by atoms with Crippen LogP contribution in [0.3, 0.4) is 0 Å². The molecule has 0 heterocycles. The average molecular weight is 216 g/mol. The minimum Gasteiger partial charge on any atom is -0.272 e. The third-order valence-corrected chi connectivity index (χ3v) is 2.14. The summed E-state index contributed by atoms with van der Waals surface area (Å²) >= 11 is 0. The van der Waals surface area contributed by atoms with E-state index in [4.69, 9.17) is 10.1 Å². The van der Waals surface area contributed by atoms with Crippen LogP contribution in [0.15, 0.2) is 30.9 Å². The van der Waals surface area contributed by atoms with Crippen LogP contribution in [0, 0.1) is 11.3 Å². The maximum Gasteiger partial charge on any atom is 0.0994 e. The highest BCUT2D eigenvalue weighted by Crippen LogP contribution is 2.17. The van der Waals surface area contributed by atoms with Crippen LogP contribution >= 0.6 is 0 Å². The van der Waals surface area contributed by atoms with E-state index >= 15 is 0 Å². The standard InChI is InChI=1S/C13H16N2O/c1-3-5-11-9-13(15-16-8-4-2)7-6-12(11)10-14/h4,6-7,9,15H,2-3,5,8H2,1H3. The van der Waals surface area contributed by atoms with Gasteiger partial charge in [0.2, 0.25) is 0 Å². The summed E-state index contributed by atoms with van der Waals surface area (Å²) in [5.74, 6) is 0. The molecule has 1 rings (SSSR count). The normalized spacial score (nSPS) is 9.50. The molecule has 0 amide bonds. The van der Waals surface area contributed by atoms with Gasteiger partial charge in [-0.3, -0.25) is 10.3 Å². The van der Waals surface area contributed by atoms with Gasteiger partial charge >= 0.3 is 0 Å². The molecule has 3 heteroatoms. The predicted octanol–water partition coefficient (Wildman–Crippen LogP) is 3.04. The van der Waals surface area contributed by atoms with Gasteiger partial charge in [-0.25, -0.2) is 0 Å². The summed E-state index contributed by atoms with van der Waals surface area (Å²) in [5.41, 5.74) is 5.47. The largest absolute Gasteiger partial charge is 0.272 e. The van der Waals surface area contributed by atoms with Gasteiger partial charge in [-0.1, -0.05) is 19.4 Å². The molecular weight excluding hydrogens is 200 g/mol. The first-order chi connectivity index (χ1) is 7.81. The smallest absolute Gasteiger partial charge is 0.0994 e. The lowest BCUT2D eigenvalue weighted by Gasteiger charge is -2.08. The Kier molecular flexibility index (Phi) is 5.10. The molecule has 0 saturated heterocycles. The number of anilines is 1. The van der Waals surface area contributed by atoms with E-state index in [-0.39, 0.29) is 0 Å². The molecule has 0 aliphatic rings. The Morgan fingerprint density at radius 3 is 3.00 bits per heavy atom. The average Bonchev–Trinajstić information content (AvgIpc) is 2.30. The lowest BCUT2D eigenvalue weighted by atomic mass is 10.0. The Morgan fingerprint density at radius 2 is 2.38 bits per heavy atom. The molecule has 0 unspecified atom stereocenters. The first-order valence-corrected chi connectivity index (χ1v) is 5.33. The van der Waals surface area contributed by atoms with Gasteiger partial charge in [-0.15, -0.1) is 6.58 Å². The van der Waals surface area contributed by atoms with Gasteiger partial charge in [-0.2, -0.15) is 5.26 Å². The van der Waals surface area contributed by atoms with Gasteiger partial charge in [0.15, 0.2) is 0 Å². The molecule has 1 aromatic carbocycles. The second kappa shape index (κ2) is 6.65. The van der Waals surface area contributed by atoms with Crippen LogP contribution in [0.25, 0.3) is 0 Å². The quantitative estimate of drug-likeness (QED) is 0.451. The maximum absolute atomic E-state index is 8.94. The second-order valence-corrected chi connectivity index (χ2v) is 3.44. The minimum atomic E-state index is 0.448. The molecule has 0 aliphatic carbocycles. The molecule has 0 saturated carbocycles. The SMILES string of the molecule is C=CCONc1ccc(C#N)c(CCC)c1. The van der Waals surface area contributed by atoms with Crippen molar-refractivity contribution in [3.63, 3.8) is 0 Å². The number of hydrogen-bond acceptors (Lipinski definition) is 3. The molecule has 1 aromatic rings. The van der Waals surface area contributed by atoms with E-state index in [0.29, 0.717) is 6.61 Å². The molecule has 0 bridgehead atoms. The Morgan fingerprint density at radius 1 is 1.56 bits per heavy atom. The van der Waals surface area contributed by atoms with Gasteiger partial charge in [-0.05, 0) is 30.2 Å². The van der Waals surface area contributed by atoms with Crippen molar-refractivity contribution in [1.82, 2.24) is 0 Å². The van der Waals surface area contributed by atoms with Gasteiger partial charge in [0, 0.05) is 0 Å². The van der Waals surface area contributed by atoms with Crippen molar-refractivity contribution < 1.29 is 4.84 Å². The highest BCUT2D eigenvalue weighted by Gasteiger charge is 2.02. The minimum absolute atomic E-state index is 0.448. The predicted molar refractivity (Wildman–Crippen MR) is 64.9 cm³/mol. The van der Waals surface area contributed by atoms with Crippen LogP contribution in [-0.2, 0) is 11.3 Å². The molecule has 1 N–H and O–H groups in total. The summed E-state index contributed by atoms with van der Waals surface area (Å²) in [4.78, 5) is 5.12. The summed E-state index contributed by atoms with van der Waals surface area (Å²) in [7, 11) is 0. The fraction of sp³-hybridized carbons (Fsp3) is 0.308. The van der Waals surface area contributed by atoms with Crippen LogP contribution < -0.4 is 5.48 Å². The van der Waals surface area contributed by atoms with Gasteiger partial charge in [0.1, 0.15) is 0 Å². The maximum atomic E-state index is 8.94. The Labute approximate surface area is 96.3 Å². The fourth-order valence-corrected chi connectivity index (χ4v) is 1.43. The van der Waals surface area contributed by atoms with Crippen molar-refractivity contribution in [2.45, 2.75) is 19.8 Å². The molecule has 0 radical (unpaired) electrons. The third kappa shape index (κ3) is 3.41. The first-order valence-electron chi connectivity index (χ1n) is 5.33. The number of nitriles is 1. The fourth-order valence-electron chi connectivity index (χ4n) is 1.43. The molecule has 84 valence electrons. The number of hydrogen-bond donors (Lipinski definition) is 1. The van der Waals surface area contributed by atoms with Crippen LogP contribution in [0.2, 0.25) is 0 Å². The van der Waals surface area contributed by atoms with Crippen molar-refractivity contribution in [2.75, 3.05) is 12.1 Å². The topological polar surface area (TPSA) is 45.0 Å². The van der Waals surface area contributed by atoms with Gasteiger partial charge in [0.25, 0.3) is 0 Å². The molecule has 0 aliphatic heterocycles. The second-order valence-electron chi connectivity index (χ2n) is 3.44. The van der Waals surface area contributed by atoms with E-state index in [1.807, 2.05) is 18.2 Å². The summed E-state index contributed by atoms with van der Waals surface area (Å²) in [6.07, 6.45) is 3.59. The molecule has 0 aromatic heterocycles. The molecular formula is C13H16N2O. The van der Waals surface area contributed by atoms with Crippen LogP contribution in [0.1, 0.15) is 24.5 Å². The first kappa shape index (κ1) is 12.3. The van der Waals surface area contributed by atoms with Gasteiger partial charge < -0.3 is 0 Å². The van der Waals surface area contributed by atoms with Crippen LogP contribution in [-0.4, -0.2) is 6.61 Å². The van der Waals surface area contributed by atoms with Gasteiger partial charge in [0.05, 0.1) is 23.9 Å². The molecule has 0 spiro atoms. The van der Waals surface area contributed by atoms with Crippen LogP contribution in [0.4, 0.5) is 5.69 Å². The third-order valence-electron chi connectivity index (χ3n) is 2.14. The lowest BCUT2D eigenvalue weighted by Crippen LogP contribution is -2.02. The van der Waals surface area contributed by atoms with E-state index in [9.17, 15) is 0 Å². The molecule has 16 heavy (non-hydrogen) atoms. The number of rotatable bonds is 6. The number of nitrogens with zero attached hydrogens (tertiary/aromatic N) is 1.